The molecule has 242 valence electrons. The zero-order valence-corrected chi connectivity index (χ0v) is 27.6. The average Bonchev–Trinajstić information content (AvgIpc) is 3.77. The monoisotopic (exact) mass is 666 g/mol. The minimum Gasteiger partial charge on any atom is -0.456 e. The van der Waals surface area contributed by atoms with Crippen molar-refractivity contribution in [3.8, 4) is 45.3 Å². The van der Waals surface area contributed by atoms with Gasteiger partial charge in [0, 0.05) is 43.6 Å². The first kappa shape index (κ1) is 28.6. The molecule has 11 rings (SSSR count). The second kappa shape index (κ2) is 11.2. The lowest BCUT2D eigenvalue weighted by molar-refractivity contribution is 0.656. The van der Waals surface area contributed by atoms with E-state index in [4.69, 9.17) is 28.8 Å². The molecule has 0 amide bonds. The fourth-order valence-corrected chi connectivity index (χ4v) is 7.61. The molecule has 0 bridgehead atoms. The van der Waals surface area contributed by atoms with Gasteiger partial charge in [-0.2, -0.15) is 0 Å². The summed E-state index contributed by atoms with van der Waals surface area (Å²) in [5.41, 5.74) is 8.86. The molecular formula is C46H26N4O2. The Morgan fingerprint density at radius 3 is 1.79 bits per heavy atom. The molecule has 0 fully saturated rings. The summed E-state index contributed by atoms with van der Waals surface area (Å²) < 4.78 is 12.6. The molecule has 0 aliphatic heterocycles. The first-order valence-corrected chi connectivity index (χ1v) is 17.2. The predicted octanol–water partition coefficient (Wildman–Crippen LogP) is 12.0. The van der Waals surface area contributed by atoms with E-state index in [1.807, 2.05) is 91.0 Å². The van der Waals surface area contributed by atoms with Gasteiger partial charge < -0.3 is 8.83 Å². The van der Waals surface area contributed by atoms with Gasteiger partial charge in [0.05, 0.1) is 5.52 Å². The second-order valence-electron chi connectivity index (χ2n) is 13.0. The Balaban J connectivity index is 1.15. The first-order valence-electron chi connectivity index (χ1n) is 17.2. The molecule has 4 heterocycles. The normalized spacial score (nSPS) is 11.8. The number of para-hydroxylation sites is 2. The predicted molar refractivity (Wildman–Crippen MR) is 209 cm³/mol. The number of furan rings is 2. The highest BCUT2D eigenvalue weighted by Gasteiger charge is 2.20. The van der Waals surface area contributed by atoms with E-state index in [2.05, 4.69) is 66.7 Å². The largest absolute Gasteiger partial charge is 0.456 e. The Bertz CT molecular complexity index is 3200. The maximum Gasteiger partial charge on any atom is 0.227 e. The van der Waals surface area contributed by atoms with Gasteiger partial charge in [-0.1, -0.05) is 127 Å². The van der Waals surface area contributed by atoms with Crippen molar-refractivity contribution in [1.29, 1.82) is 0 Å². The lowest BCUT2D eigenvalue weighted by Crippen LogP contribution is -2.01. The number of pyridine rings is 1. The summed E-state index contributed by atoms with van der Waals surface area (Å²) in [6.45, 7) is 0. The fourth-order valence-electron chi connectivity index (χ4n) is 7.61. The van der Waals surface area contributed by atoms with Gasteiger partial charge in [0.1, 0.15) is 16.7 Å². The number of nitrogens with zero attached hydrogens (tertiary/aromatic N) is 4. The van der Waals surface area contributed by atoms with Crippen molar-refractivity contribution in [1.82, 2.24) is 19.9 Å². The van der Waals surface area contributed by atoms with E-state index < -0.39 is 0 Å². The fraction of sp³-hybridized carbons (Fsp3) is 0. The molecule has 0 atom stereocenters. The van der Waals surface area contributed by atoms with Gasteiger partial charge in [0.15, 0.2) is 17.5 Å². The lowest BCUT2D eigenvalue weighted by Gasteiger charge is -2.13. The summed E-state index contributed by atoms with van der Waals surface area (Å²) in [6, 6.07) is 53.6. The molecule has 6 nitrogen and oxygen atoms in total. The van der Waals surface area contributed by atoms with Gasteiger partial charge in [-0.25, -0.2) is 19.9 Å². The summed E-state index contributed by atoms with van der Waals surface area (Å²) in [5, 5.41) is 7.24. The van der Waals surface area contributed by atoms with Gasteiger partial charge in [-0.05, 0) is 52.2 Å². The minimum atomic E-state index is 0.587. The van der Waals surface area contributed by atoms with Crippen molar-refractivity contribution < 1.29 is 8.83 Å². The molecule has 4 aromatic heterocycles. The van der Waals surface area contributed by atoms with Gasteiger partial charge in [-0.15, -0.1) is 0 Å². The minimum absolute atomic E-state index is 0.587. The molecule has 7 aromatic carbocycles. The van der Waals surface area contributed by atoms with E-state index in [-0.39, 0.29) is 0 Å². The number of fused-ring (bicyclic) bond motifs is 8. The van der Waals surface area contributed by atoms with E-state index >= 15 is 0 Å². The molecular weight excluding hydrogens is 641 g/mol. The number of hydrogen-bond acceptors (Lipinski definition) is 6. The summed E-state index contributed by atoms with van der Waals surface area (Å²) in [4.78, 5) is 20.3. The molecule has 0 saturated carbocycles. The van der Waals surface area contributed by atoms with E-state index in [0.717, 1.165) is 87.8 Å². The third-order valence-corrected chi connectivity index (χ3v) is 9.96. The zero-order valence-electron chi connectivity index (χ0n) is 27.6. The van der Waals surface area contributed by atoms with E-state index in [9.17, 15) is 0 Å². The molecule has 6 heteroatoms. The number of benzene rings is 7. The van der Waals surface area contributed by atoms with Crippen LogP contribution in [0.4, 0.5) is 0 Å². The van der Waals surface area contributed by atoms with E-state index in [1.54, 1.807) is 0 Å². The molecule has 0 N–H and O–H groups in total. The second-order valence-corrected chi connectivity index (χ2v) is 13.0. The maximum absolute atomic E-state index is 6.34. The van der Waals surface area contributed by atoms with Crippen LogP contribution in [0.15, 0.2) is 167 Å². The smallest absolute Gasteiger partial charge is 0.227 e. The van der Waals surface area contributed by atoms with Crippen LogP contribution in [0, 0.1) is 0 Å². The van der Waals surface area contributed by atoms with Crippen molar-refractivity contribution in [2.45, 2.75) is 0 Å². The van der Waals surface area contributed by atoms with Crippen LogP contribution in [0.5, 0.6) is 0 Å². The van der Waals surface area contributed by atoms with Gasteiger partial charge in [0.2, 0.25) is 5.71 Å². The average molecular weight is 667 g/mol. The molecule has 0 aliphatic carbocycles. The number of hydrogen-bond donors (Lipinski definition) is 0. The SMILES string of the molecule is c1ccc(-c2nc(-c3cccc4c(-c5cccc6oc7nc8ccccc8cc7c56)cccc34)nc(-c3cccc4oc5ccccc5c34)n2)cc1. The van der Waals surface area contributed by atoms with Gasteiger partial charge in [0.25, 0.3) is 0 Å². The Hall–Kier alpha value is -7.18. The summed E-state index contributed by atoms with van der Waals surface area (Å²) >= 11 is 0. The topological polar surface area (TPSA) is 77.8 Å². The molecule has 0 aliphatic rings. The van der Waals surface area contributed by atoms with Crippen LogP contribution in [-0.4, -0.2) is 19.9 Å². The van der Waals surface area contributed by atoms with Crippen molar-refractivity contribution in [3.63, 3.8) is 0 Å². The van der Waals surface area contributed by atoms with E-state index in [1.165, 1.54) is 0 Å². The third-order valence-electron chi connectivity index (χ3n) is 9.96. The highest BCUT2D eigenvalue weighted by atomic mass is 16.3. The Labute approximate surface area is 296 Å². The van der Waals surface area contributed by atoms with Gasteiger partial charge >= 0.3 is 0 Å². The van der Waals surface area contributed by atoms with Crippen molar-refractivity contribution in [3.05, 3.63) is 158 Å². The summed E-state index contributed by atoms with van der Waals surface area (Å²) in [6.07, 6.45) is 0. The lowest BCUT2D eigenvalue weighted by atomic mass is 9.93. The van der Waals surface area contributed by atoms with Crippen LogP contribution in [0.3, 0.4) is 0 Å². The van der Waals surface area contributed by atoms with Crippen molar-refractivity contribution in [2.24, 2.45) is 0 Å². The Morgan fingerprint density at radius 1 is 0.346 bits per heavy atom. The molecule has 52 heavy (non-hydrogen) atoms. The van der Waals surface area contributed by atoms with Crippen LogP contribution in [0.2, 0.25) is 0 Å². The summed E-state index contributed by atoms with van der Waals surface area (Å²) in [7, 11) is 0. The van der Waals surface area contributed by atoms with Gasteiger partial charge in [-0.3, -0.25) is 0 Å². The highest BCUT2D eigenvalue weighted by molar-refractivity contribution is 6.17. The van der Waals surface area contributed by atoms with Crippen molar-refractivity contribution in [2.75, 3.05) is 0 Å². The van der Waals surface area contributed by atoms with Crippen LogP contribution in [0.25, 0.3) is 111 Å². The third kappa shape index (κ3) is 4.38. The van der Waals surface area contributed by atoms with Crippen LogP contribution in [-0.2, 0) is 0 Å². The standard InChI is InChI=1S/C46H26N4O2/c1-2-12-27(13-3-1)43-48-44(50-45(49-43)35-21-11-24-39-42(35)34-15-5-7-23-38(34)51-39)33-20-9-16-29-30(17-8-18-31(29)33)32-19-10-25-40-41(32)36-26-28-14-4-6-22-37(28)47-46(36)52-40/h1-26H. The summed E-state index contributed by atoms with van der Waals surface area (Å²) in [5.74, 6) is 1.79. The Kier molecular flexibility index (Phi) is 6.15. The molecule has 0 unspecified atom stereocenters. The molecule has 0 saturated heterocycles. The van der Waals surface area contributed by atoms with Crippen LogP contribution < -0.4 is 0 Å². The maximum atomic E-state index is 6.34. The molecule has 11 aromatic rings. The zero-order chi connectivity index (χ0) is 34.2. The number of aromatic nitrogens is 4. The highest BCUT2D eigenvalue weighted by Crippen LogP contribution is 2.42. The quantitative estimate of drug-likeness (QED) is 0.186. The first-order chi connectivity index (χ1) is 25.8. The molecule has 0 spiro atoms. The number of rotatable bonds is 4. The Morgan fingerprint density at radius 2 is 0.923 bits per heavy atom. The van der Waals surface area contributed by atoms with Crippen molar-refractivity contribution >= 4 is 65.7 Å². The van der Waals surface area contributed by atoms with E-state index in [0.29, 0.717) is 23.2 Å². The molecule has 0 radical (unpaired) electrons. The van der Waals surface area contributed by atoms with Crippen LogP contribution >= 0.6 is 0 Å². The van der Waals surface area contributed by atoms with Crippen LogP contribution in [0.1, 0.15) is 0 Å².